The van der Waals surface area contributed by atoms with Gasteiger partial charge in [-0.25, -0.2) is 0 Å². The number of aliphatic hydroxyl groups is 1. The summed E-state index contributed by atoms with van der Waals surface area (Å²) < 4.78 is 4.78. The minimum atomic E-state index is -1.19. The van der Waals surface area contributed by atoms with Crippen LogP contribution in [-0.2, 0) is 14.3 Å². The molecule has 2 atom stereocenters. The Morgan fingerprint density at radius 1 is 1.47 bits per heavy atom. The van der Waals surface area contributed by atoms with Gasteiger partial charge in [-0.05, 0) is 13.0 Å². The highest BCUT2D eigenvalue weighted by molar-refractivity contribution is 6.07. The predicted molar refractivity (Wildman–Crippen MR) is 60.2 cm³/mol. The number of carbonyl (C=O) groups is 2. The summed E-state index contributed by atoms with van der Waals surface area (Å²) >= 11 is 0. The number of esters is 1. The lowest BCUT2D eigenvalue weighted by atomic mass is 9.90. The average molecular weight is 235 g/mol. The van der Waals surface area contributed by atoms with Crippen molar-refractivity contribution in [2.45, 2.75) is 13.0 Å². The monoisotopic (exact) mass is 235 g/mol. The minimum Gasteiger partial charge on any atom is -0.465 e. The Morgan fingerprint density at radius 3 is 2.88 bits per heavy atom. The molecule has 0 spiro atoms. The molecule has 0 saturated carbocycles. The van der Waals surface area contributed by atoms with E-state index in [1.54, 1.807) is 31.2 Å². The summed E-state index contributed by atoms with van der Waals surface area (Å²) in [6.07, 6.45) is -1.15. The largest absolute Gasteiger partial charge is 0.465 e. The molecule has 0 bridgehead atoms. The Hall–Kier alpha value is -1.88. The summed E-state index contributed by atoms with van der Waals surface area (Å²) in [5.74, 6) is -2.42. The number of nitrogens with one attached hydrogen (secondary N) is 1. The lowest BCUT2D eigenvalue weighted by Crippen LogP contribution is -2.39. The van der Waals surface area contributed by atoms with Crippen LogP contribution in [-0.4, -0.2) is 23.6 Å². The molecule has 2 unspecified atom stereocenters. The molecule has 1 aliphatic heterocycles. The van der Waals surface area contributed by atoms with E-state index < -0.39 is 23.9 Å². The van der Waals surface area contributed by atoms with Crippen LogP contribution in [0.15, 0.2) is 24.3 Å². The molecule has 0 radical (unpaired) electrons. The second-order valence-electron chi connectivity index (χ2n) is 3.75. The van der Waals surface area contributed by atoms with Crippen LogP contribution >= 0.6 is 0 Å². The lowest BCUT2D eigenvalue weighted by Gasteiger charge is -2.27. The number of para-hydroxylation sites is 1. The molecule has 17 heavy (non-hydrogen) atoms. The van der Waals surface area contributed by atoms with Gasteiger partial charge in [-0.1, -0.05) is 18.2 Å². The number of aliphatic hydroxyl groups excluding tert-OH is 1. The molecule has 1 aliphatic rings. The van der Waals surface area contributed by atoms with Gasteiger partial charge in [0.25, 0.3) is 0 Å². The molecule has 2 rings (SSSR count). The quantitative estimate of drug-likeness (QED) is 0.588. The summed E-state index contributed by atoms with van der Waals surface area (Å²) in [5.41, 5.74) is 1.07. The van der Waals surface area contributed by atoms with Crippen molar-refractivity contribution < 1.29 is 19.4 Å². The Bertz CT molecular complexity index is 458. The van der Waals surface area contributed by atoms with Crippen molar-refractivity contribution >= 4 is 17.6 Å². The third kappa shape index (κ3) is 2.01. The highest BCUT2D eigenvalue weighted by atomic mass is 16.5. The van der Waals surface area contributed by atoms with Crippen LogP contribution in [0.25, 0.3) is 0 Å². The van der Waals surface area contributed by atoms with Crippen LogP contribution in [0, 0.1) is 5.92 Å². The van der Waals surface area contributed by atoms with E-state index in [0.29, 0.717) is 11.3 Å². The van der Waals surface area contributed by atoms with Crippen LogP contribution < -0.4 is 5.32 Å². The van der Waals surface area contributed by atoms with Gasteiger partial charge in [-0.3, -0.25) is 9.59 Å². The van der Waals surface area contributed by atoms with Crippen molar-refractivity contribution in [2.24, 2.45) is 5.92 Å². The van der Waals surface area contributed by atoms with Gasteiger partial charge in [0.1, 0.15) is 6.10 Å². The van der Waals surface area contributed by atoms with Crippen molar-refractivity contribution in [3.8, 4) is 0 Å². The van der Waals surface area contributed by atoms with Crippen molar-refractivity contribution in [1.82, 2.24) is 0 Å². The molecule has 1 heterocycles. The molecule has 0 fully saturated rings. The van der Waals surface area contributed by atoms with Gasteiger partial charge in [0.15, 0.2) is 5.92 Å². The van der Waals surface area contributed by atoms with Crippen molar-refractivity contribution in [2.75, 3.05) is 11.9 Å². The molecule has 1 aromatic carbocycles. The fourth-order valence-corrected chi connectivity index (χ4v) is 1.87. The zero-order chi connectivity index (χ0) is 12.4. The van der Waals surface area contributed by atoms with Crippen LogP contribution in [0.3, 0.4) is 0 Å². The third-order valence-corrected chi connectivity index (χ3v) is 2.68. The molecule has 1 aromatic rings. The van der Waals surface area contributed by atoms with Gasteiger partial charge in [-0.15, -0.1) is 0 Å². The minimum absolute atomic E-state index is 0.178. The molecule has 90 valence electrons. The van der Waals surface area contributed by atoms with Gasteiger partial charge in [0.2, 0.25) is 5.91 Å². The highest BCUT2D eigenvalue weighted by Gasteiger charge is 2.40. The smallest absolute Gasteiger partial charge is 0.321 e. The number of fused-ring (bicyclic) bond motifs is 1. The van der Waals surface area contributed by atoms with Gasteiger partial charge in [-0.2, -0.15) is 0 Å². The maximum absolute atomic E-state index is 11.7. The SMILES string of the molecule is CCOC(=O)C1C(=O)Nc2ccccc2C1O. The standard InChI is InChI=1S/C12H13NO4/c1-2-17-12(16)9-10(14)7-5-3-4-6-8(7)13-11(9)15/h3-6,9-10,14H,2H2,1H3,(H,13,15). The van der Waals surface area contributed by atoms with E-state index >= 15 is 0 Å². The van der Waals surface area contributed by atoms with E-state index in [9.17, 15) is 14.7 Å². The van der Waals surface area contributed by atoms with Gasteiger partial charge >= 0.3 is 5.97 Å². The lowest BCUT2D eigenvalue weighted by molar-refractivity contribution is -0.156. The first-order valence-corrected chi connectivity index (χ1v) is 5.39. The number of rotatable bonds is 2. The third-order valence-electron chi connectivity index (χ3n) is 2.68. The molecule has 1 amide bonds. The van der Waals surface area contributed by atoms with Gasteiger partial charge < -0.3 is 15.2 Å². The molecular weight excluding hydrogens is 222 g/mol. The molecule has 0 aliphatic carbocycles. The normalized spacial score (nSPS) is 22.6. The van der Waals surface area contributed by atoms with Crippen molar-refractivity contribution in [3.05, 3.63) is 29.8 Å². The second-order valence-corrected chi connectivity index (χ2v) is 3.75. The van der Waals surface area contributed by atoms with Crippen LogP contribution in [0.4, 0.5) is 5.69 Å². The maximum Gasteiger partial charge on any atom is 0.321 e. The summed E-state index contributed by atoms with van der Waals surface area (Å²) in [7, 11) is 0. The number of benzene rings is 1. The molecule has 0 saturated heterocycles. The topological polar surface area (TPSA) is 75.6 Å². The second kappa shape index (κ2) is 4.55. The fourth-order valence-electron chi connectivity index (χ4n) is 1.87. The number of hydrogen-bond donors (Lipinski definition) is 2. The summed E-state index contributed by atoms with van der Waals surface area (Å²) in [6, 6.07) is 6.84. The number of amides is 1. The highest BCUT2D eigenvalue weighted by Crippen LogP contribution is 2.34. The number of hydrogen-bond acceptors (Lipinski definition) is 4. The van der Waals surface area contributed by atoms with E-state index in [2.05, 4.69) is 5.32 Å². The summed E-state index contributed by atoms with van der Waals surface area (Å²) in [4.78, 5) is 23.3. The number of carbonyl (C=O) groups excluding carboxylic acids is 2. The molecule has 2 N–H and O–H groups in total. The van der Waals surface area contributed by atoms with E-state index in [0.717, 1.165) is 0 Å². The van der Waals surface area contributed by atoms with E-state index in [4.69, 9.17) is 4.74 Å². The van der Waals surface area contributed by atoms with Crippen molar-refractivity contribution in [3.63, 3.8) is 0 Å². The zero-order valence-corrected chi connectivity index (χ0v) is 9.34. The average Bonchev–Trinajstić information content (AvgIpc) is 2.29. The van der Waals surface area contributed by atoms with Gasteiger partial charge in [0.05, 0.1) is 6.61 Å². The maximum atomic E-state index is 11.7. The van der Waals surface area contributed by atoms with E-state index in [-0.39, 0.29) is 6.61 Å². The Morgan fingerprint density at radius 2 is 2.18 bits per heavy atom. The molecular formula is C12H13NO4. The van der Waals surface area contributed by atoms with E-state index in [1.165, 1.54) is 0 Å². The summed E-state index contributed by atoms with van der Waals surface area (Å²) in [5, 5.41) is 12.6. The first-order valence-electron chi connectivity index (χ1n) is 5.39. The molecule has 5 nitrogen and oxygen atoms in total. The van der Waals surface area contributed by atoms with Crippen molar-refractivity contribution in [1.29, 1.82) is 0 Å². The Kier molecular flexibility index (Phi) is 3.10. The molecule has 0 aromatic heterocycles. The summed E-state index contributed by atoms with van der Waals surface area (Å²) in [6.45, 7) is 1.83. The number of ether oxygens (including phenoxy) is 1. The van der Waals surface area contributed by atoms with Crippen LogP contribution in [0.1, 0.15) is 18.6 Å². The predicted octanol–water partition coefficient (Wildman–Crippen LogP) is 0.851. The first-order chi connectivity index (χ1) is 8.15. The first kappa shape index (κ1) is 11.6. The van der Waals surface area contributed by atoms with Crippen LogP contribution in [0.2, 0.25) is 0 Å². The van der Waals surface area contributed by atoms with Crippen LogP contribution in [0.5, 0.6) is 0 Å². The Labute approximate surface area is 98.4 Å². The van der Waals surface area contributed by atoms with E-state index in [1.807, 2.05) is 0 Å². The number of anilines is 1. The molecule has 5 heteroatoms. The zero-order valence-electron chi connectivity index (χ0n) is 9.34. The Balaban J connectivity index is 2.33. The fraction of sp³-hybridized carbons (Fsp3) is 0.333. The van der Waals surface area contributed by atoms with Gasteiger partial charge in [0, 0.05) is 11.3 Å².